The molecule has 0 saturated carbocycles. The maximum Gasteiger partial charge on any atom is 0.246 e. The van der Waals surface area contributed by atoms with Gasteiger partial charge in [-0.1, -0.05) is 6.07 Å². The average molecular weight is 478 g/mol. The highest BCUT2D eigenvalue weighted by Gasteiger charge is 2.29. The molecule has 0 bridgehead atoms. The highest BCUT2D eigenvalue weighted by molar-refractivity contribution is 7.89. The molecule has 1 fully saturated rings. The van der Waals surface area contributed by atoms with Crippen LogP contribution < -0.4 is 20.1 Å². The molecule has 11 heteroatoms. The van der Waals surface area contributed by atoms with E-state index < -0.39 is 10.0 Å². The smallest absolute Gasteiger partial charge is 0.246 e. The predicted octanol–water partition coefficient (Wildman–Crippen LogP) is 1.86. The third-order valence-corrected chi connectivity index (χ3v) is 6.89. The first-order chi connectivity index (χ1) is 15.7. The van der Waals surface area contributed by atoms with E-state index in [1.54, 1.807) is 24.3 Å². The number of anilines is 2. The summed E-state index contributed by atoms with van der Waals surface area (Å²) in [5.74, 6) is -0.00376. The van der Waals surface area contributed by atoms with Crippen LogP contribution in [0.5, 0.6) is 11.5 Å². The van der Waals surface area contributed by atoms with Gasteiger partial charge in [-0.15, -0.1) is 0 Å². The maximum atomic E-state index is 13.1. The van der Waals surface area contributed by atoms with Gasteiger partial charge in [-0.25, -0.2) is 8.42 Å². The summed E-state index contributed by atoms with van der Waals surface area (Å²) in [5, 5.41) is 5.40. The Morgan fingerprint density at radius 1 is 1.00 bits per heavy atom. The molecule has 2 aromatic rings. The summed E-state index contributed by atoms with van der Waals surface area (Å²) in [6, 6.07) is 9.49. The summed E-state index contributed by atoms with van der Waals surface area (Å²) in [5.41, 5.74) is 1.38. The number of sulfonamides is 1. The fourth-order valence-corrected chi connectivity index (χ4v) is 5.04. The Bertz CT molecular complexity index is 1130. The summed E-state index contributed by atoms with van der Waals surface area (Å²) in [6.07, 6.45) is -0.0802. The molecule has 1 saturated heterocycles. The molecular formula is C22H27N3O7S. The molecule has 1 aliphatic heterocycles. The molecular weight excluding hydrogens is 450 g/mol. The molecule has 0 radical (unpaired) electrons. The number of morpholine rings is 1. The Kier molecular flexibility index (Phi) is 7.90. The number of hydrogen-bond donors (Lipinski definition) is 2. The topological polar surface area (TPSA) is 123 Å². The van der Waals surface area contributed by atoms with Crippen LogP contribution in [0.4, 0.5) is 11.4 Å². The number of carbonyl (C=O) groups is 2. The van der Waals surface area contributed by atoms with Crippen LogP contribution in [0.15, 0.2) is 41.3 Å². The molecule has 178 valence electrons. The standard InChI is InChI=1S/C22H27N3O7S/c1-15(26)23-17-5-7-19(30-2)18(14-17)24-22(27)13-16-4-6-20(31-3)21(12-16)33(28,29)25-8-10-32-11-9-25/h4-7,12,14H,8-11,13H2,1-3H3,(H,23,26)(H,24,27). The van der Waals surface area contributed by atoms with Crippen LogP contribution in [-0.4, -0.2) is 65.1 Å². The van der Waals surface area contributed by atoms with Gasteiger partial charge in [-0.2, -0.15) is 4.31 Å². The minimum absolute atomic E-state index is 0.00226. The van der Waals surface area contributed by atoms with Crippen molar-refractivity contribution >= 4 is 33.2 Å². The van der Waals surface area contributed by atoms with E-state index in [4.69, 9.17) is 14.2 Å². The first-order valence-corrected chi connectivity index (χ1v) is 11.7. The summed E-state index contributed by atoms with van der Waals surface area (Å²) in [4.78, 5) is 24.1. The van der Waals surface area contributed by atoms with Crippen molar-refractivity contribution < 1.29 is 32.2 Å². The Labute approximate surface area is 192 Å². The largest absolute Gasteiger partial charge is 0.495 e. The fraction of sp³-hybridized carbons (Fsp3) is 0.364. The second-order valence-corrected chi connectivity index (χ2v) is 9.23. The average Bonchev–Trinajstić information content (AvgIpc) is 2.79. The van der Waals surface area contributed by atoms with Crippen LogP contribution in [0.3, 0.4) is 0 Å². The van der Waals surface area contributed by atoms with E-state index in [1.165, 1.54) is 37.6 Å². The maximum absolute atomic E-state index is 13.1. The van der Waals surface area contributed by atoms with Crippen molar-refractivity contribution in [2.75, 3.05) is 51.2 Å². The zero-order chi connectivity index (χ0) is 24.0. The summed E-state index contributed by atoms with van der Waals surface area (Å²) in [6.45, 7) is 2.53. The van der Waals surface area contributed by atoms with Crippen molar-refractivity contribution in [3.8, 4) is 11.5 Å². The van der Waals surface area contributed by atoms with E-state index in [0.29, 0.717) is 35.9 Å². The minimum atomic E-state index is -3.81. The quantitative estimate of drug-likeness (QED) is 0.595. The molecule has 1 aliphatic rings. The van der Waals surface area contributed by atoms with E-state index >= 15 is 0 Å². The molecule has 2 aromatic carbocycles. The Morgan fingerprint density at radius 2 is 1.67 bits per heavy atom. The lowest BCUT2D eigenvalue weighted by Gasteiger charge is -2.26. The summed E-state index contributed by atoms with van der Waals surface area (Å²) < 4.78 is 43.4. The zero-order valence-corrected chi connectivity index (χ0v) is 19.5. The van der Waals surface area contributed by atoms with Gasteiger partial charge in [0, 0.05) is 25.7 Å². The molecule has 2 N–H and O–H groups in total. The van der Waals surface area contributed by atoms with E-state index in [1.807, 2.05) is 0 Å². The minimum Gasteiger partial charge on any atom is -0.495 e. The number of nitrogens with one attached hydrogen (secondary N) is 2. The van der Waals surface area contributed by atoms with Gasteiger partial charge in [0.2, 0.25) is 21.8 Å². The zero-order valence-electron chi connectivity index (χ0n) is 18.7. The second-order valence-electron chi connectivity index (χ2n) is 7.32. The lowest BCUT2D eigenvalue weighted by molar-refractivity contribution is -0.116. The van der Waals surface area contributed by atoms with Crippen molar-refractivity contribution in [1.82, 2.24) is 4.31 Å². The molecule has 0 atom stereocenters. The predicted molar refractivity (Wildman–Crippen MR) is 122 cm³/mol. The fourth-order valence-electron chi connectivity index (χ4n) is 3.43. The first kappa shape index (κ1) is 24.5. The SMILES string of the molecule is COc1ccc(NC(C)=O)cc1NC(=O)Cc1ccc(OC)c(S(=O)(=O)N2CCOCC2)c1. The number of amides is 2. The first-order valence-electron chi connectivity index (χ1n) is 10.2. The van der Waals surface area contributed by atoms with Gasteiger partial charge in [0.15, 0.2) is 0 Å². The lowest BCUT2D eigenvalue weighted by Crippen LogP contribution is -2.40. The van der Waals surface area contributed by atoms with Crippen molar-refractivity contribution in [3.63, 3.8) is 0 Å². The van der Waals surface area contributed by atoms with E-state index in [9.17, 15) is 18.0 Å². The van der Waals surface area contributed by atoms with Crippen LogP contribution in [0.25, 0.3) is 0 Å². The monoisotopic (exact) mass is 477 g/mol. The molecule has 33 heavy (non-hydrogen) atoms. The lowest BCUT2D eigenvalue weighted by atomic mass is 10.1. The Morgan fingerprint density at radius 3 is 2.30 bits per heavy atom. The number of hydrogen-bond acceptors (Lipinski definition) is 7. The number of carbonyl (C=O) groups excluding carboxylic acids is 2. The van der Waals surface area contributed by atoms with Gasteiger partial charge in [0.05, 0.1) is 39.5 Å². The Balaban J connectivity index is 1.82. The van der Waals surface area contributed by atoms with Crippen LogP contribution in [-0.2, 0) is 30.8 Å². The molecule has 0 unspecified atom stereocenters. The molecule has 3 rings (SSSR count). The number of methoxy groups -OCH3 is 2. The molecule has 1 heterocycles. The number of nitrogens with zero attached hydrogens (tertiary/aromatic N) is 1. The summed E-state index contributed by atoms with van der Waals surface area (Å²) >= 11 is 0. The van der Waals surface area contributed by atoms with Crippen LogP contribution in [0.2, 0.25) is 0 Å². The van der Waals surface area contributed by atoms with Crippen molar-refractivity contribution in [2.24, 2.45) is 0 Å². The number of rotatable bonds is 8. The molecule has 0 aliphatic carbocycles. The van der Waals surface area contributed by atoms with Gasteiger partial charge in [0.1, 0.15) is 16.4 Å². The van der Waals surface area contributed by atoms with Gasteiger partial charge < -0.3 is 24.8 Å². The Hall–Kier alpha value is -3.15. The van der Waals surface area contributed by atoms with Crippen molar-refractivity contribution in [2.45, 2.75) is 18.2 Å². The van der Waals surface area contributed by atoms with Gasteiger partial charge in [-0.3, -0.25) is 9.59 Å². The second kappa shape index (κ2) is 10.6. The van der Waals surface area contributed by atoms with Crippen LogP contribution in [0, 0.1) is 0 Å². The highest BCUT2D eigenvalue weighted by Crippen LogP contribution is 2.30. The molecule has 10 nitrogen and oxygen atoms in total. The highest BCUT2D eigenvalue weighted by atomic mass is 32.2. The van der Waals surface area contributed by atoms with E-state index in [2.05, 4.69) is 10.6 Å². The van der Waals surface area contributed by atoms with Gasteiger partial charge >= 0.3 is 0 Å². The van der Waals surface area contributed by atoms with Crippen molar-refractivity contribution in [1.29, 1.82) is 0 Å². The van der Waals surface area contributed by atoms with Gasteiger partial charge in [0.25, 0.3) is 0 Å². The third-order valence-electron chi connectivity index (χ3n) is 4.97. The number of benzene rings is 2. The summed E-state index contributed by atoms with van der Waals surface area (Å²) in [7, 11) is -0.949. The van der Waals surface area contributed by atoms with E-state index in [-0.39, 0.29) is 42.0 Å². The van der Waals surface area contributed by atoms with Crippen molar-refractivity contribution in [3.05, 3.63) is 42.0 Å². The van der Waals surface area contributed by atoms with Crippen LogP contribution >= 0.6 is 0 Å². The third kappa shape index (κ3) is 6.01. The van der Waals surface area contributed by atoms with Crippen LogP contribution in [0.1, 0.15) is 12.5 Å². The molecule has 0 spiro atoms. The van der Waals surface area contributed by atoms with Gasteiger partial charge in [-0.05, 0) is 35.9 Å². The number of ether oxygens (including phenoxy) is 3. The molecule has 0 aromatic heterocycles. The molecule has 2 amide bonds. The van der Waals surface area contributed by atoms with E-state index in [0.717, 1.165) is 0 Å². The normalized spacial score (nSPS) is 14.4.